The molecule has 2 aliphatic rings. The van der Waals surface area contributed by atoms with Crippen LogP contribution in [0.4, 0.5) is 0 Å². The molecule has 2 fully saturated rings. The average Bonchev–Trinajstić information content (AvgIpc) is 3.59. The molecule has 0 aromatic carbocycles. The maximum absolute atomic E-state index is 13.5. The van der Waals surface area contributed by atoms with Crippen molar-refractivity contribution in [1.29, 1.82) is 0 Å². The van der Waals surface area contributed by atoms with Crippen molar-refractivity contribution in [3.8, 4) is 21.8 Å². The zero-order valence-electron chi connectivity index (χ0n) is 19.9. The van der Waals surface area contributed by atoms with Gasteiger partial charge in [-0.25, -0.2) is 9.50 Å². The first-order chi connectivity index (χ1) is 16.8. The number of aromatic nitrogens is 4. The number of thiophene rings is 1. The fraction of sp³-hybridized carbons (Fsp3) is 0.407. The van der Waals surface area contributed by atoms with Gasteiger partial charge < -0.3 is 4.90 Å². The monoisotopic (exact) mass is 473 g/mol. The molecule has 6 rings (SSSR count). The van der Waals surface area contributed by atoms with E-state index < -0.39 is 0 Å². The summed E-state index contributed by atoms with van der Waals surface area (Å²) in [5, 5.41) is 6.51. The Morgan fingerprint density at radius 3 is 2.76 bits per heavy atom. The molecule has 4 aromatic rings. The quantitative estimate of drug-likeness (QED) is 0.348. The third-order valence-electron chi connectivity index (χ3n) is 6.93. The molecule has 0 radical (unpaired) electrons. The number of amides is 1. The van der Waals surface area contributed by atoms with Gasteiger partial charge in [-0.1, -0.05) is 32.8 Å². The van der Waals surface area contributed by atoms with Gasteiger partial charge in [0.2, 0.25) is 0 Å². The average molecular weight is 474 g/mol. The van der Waals surface area contributed by atoms with Crippen LogP contribution in [0.15, 0.2) is 54.3 Å². The zero-order valence-corrected chi connectivity index (χ0v) is 20.7. The maximum Gasteiger partial charge on any atom is 0.254 e. The third-order valence-corrected chi connectivity index (χ3v) is 7.82. The van der Waals surface area contributed by atoms with Gasteiger partial charge >= 0.3 is 0 Å². The van der Waals surface area contributed by atoms with E-state index in [1.54, 1.807) is 28.2 Å². The molecule has 1 aliphatic heterocycles. The van der Waals surface area contributed by atoms with Crippen LogP contribution in [0.2, 0.25) is 0 Å². The number of carbonyl (C=O) groups excluding carboxylic acids is 1. The summed E-state index contributed by atoms with van der Waals surface area (Å²) in [7, 11) is 0. The van der Waals surface area contributed by atoms with E-state index in [1.165, 1.54) is 25.7 Å². The molecule has 6 nitrogen and oxygen atoms in total. The predicted molar refractivity (Wildman–Crippen MR) is 137 cm³/mol. The van der Waals surface area contributed by atoms with E-state index in [0.717, 1.165) is 46.9 Å². The summed E-state index contributed by atoms with van der Waals surface area (Å²) in [5.74, 6) is 0.802. The van der Waals surface area contributed by atoms with Gasteiger partial charge in [-0.3, -0.25) is 9.78 Å². The highest BCUT2D eigenvalue weighted by Gasteiger charge is 2.36. The standard InChI is InChI=1S/C25H25N5OS.C2H6/c31-25(29-12-3-6-17-5-1-2-7-22(17)29)18-9-11-26-21(15-18)19-16-27-30-13-10-20(28-24(19)30)23-8-4-14-32-23;1-2/h4,8-11,13-17,22H,1-3,5-7,12H2;1-2H3. The number of piperidine rings is 1. The first-order valence-corrected chi connectivity index (χ1v) is 13.3. The topological polar surface area (TPSA) is 63.4 Å². The second kappa shape index (κ2) is 10.1. The lowest BCUT2D eigenvalue weighted by atomic mass is 9.78. The van der Waals surface area contributed by atoms with Crippen LogP contribution < -0.4 is 0 Å². The molecule has 1 aliphatic carbocycles. The minimum absolute atomic E-state index is 0.133. The SMILES string of the molecule is CC.O=C(c1ccnc(-c2cnn3ccc(-c4cccs4)nc23)c1)N1CCCC2CCCCC21. The van der Waals surface area contributed by atoms with Crippen molar-refractivity contribution in [3.05, 3.63) is 59.9 Å². The van der Waals surface area contributed by atoms with E-state index in [2.05, 4.69) is 21.0 Å². The Hall–Kier alpha value is -3.06. The highest BCUT2D eigenvalue weighted by molar-refractivity contribution is 7.13. The number of pyridine rings is 1. The first-order valence-electron chi connectivity index (χ1n) is 12.4. The Morgan fingerprint density at radius 2 is 1.91 bits per heavy atom. The Morgan fingerprint density at radius 1 is 1.06 bits per heavy atom. The molecule has 1 amide bonds. The number of rotatable bonds is 3. The van der Waals surface area contributed by atoms with Gasteiger partial charge in [-0.15, -0.1) is 11.3 Å². The second-order valence-corrected chi connectivity index (χ2v) is 9.75. The van der Waals surface area contributed by atoms with Crippen molar-refractivity contribution in [2.45, 2.75) is 58.4 Å². The fourth-order valence-corrected chi connectivity index (χ4v) is 6.06. The molecule has 4 aromatic heterocycles. The smallest absolute Gasteiger partial charge is 0.254 e. The van der Waals surface area contributed by atoms with Gasteiger partial charge in [-0.2, -0.15) is 5.10 Å². The first kappa shape index (κ1) is 22.7. The molecule has 5 heterocycles. The van der Waals surface area contributed by atoms with Gasteiger partial charge in [0.25, 0.3) is 5.91 Å². The van der Waals surface area contributed by atoms with Crippen LogP contribution in [0.25, 0.3) is 27.5 Å². The third kappa shape index (κ3) is 4.25. The van der Waals surface area contributed by atoms with Gasteiger partial charge in [0.05, 0.1) is 28.0 Å². The summed E-state index contributed by atoms with van der Waals surface area (Å²) in [6, 6.07) is 10.2. The number of fused-ring (bicyclic) bond motifs is 2. The minimum Gasteiger partial charge on any atom is -0.335 e. The van der Waals surface area contributed by atoms with Crippen LogP contribution >= 0.6 is 11.3 Å². The Bertz CT molecular complexity index is 1260. The molecular formula is C27H31N5OS. The molecule has 34 heavy (non-hydrogen) atoms. The maximum atomic E-state index is 13.5. The summed E-state index contributed by atoms with van der Waals surface area (Å²) in [6.07, 6.45) is 12.7. The number of likely N-dealkylation sites (tertiary alicyclic amines) is 1. The lowest BCUT2D eigenvalue weighted by Gasteiger charge is -2.44. The lowest BCUT2D eigenvalue weighted by molar-refractivity contribution is 0.0390. The molecule has 7 heteroatoms. The molecule has 0 spiro atoms. The Kier molecular flexibility index (Phi) is 6.72. The number of nitrogens with zero attached hydrogens (tertiary/aromatic N) is 5. The number of hydrogen-bond donors (Lipinski definition) is 0. The minimum atomic E-state index is 0.133. The van der Waals surface area contributed by atoms with E-state index in [0.29, 0.717) is 17.5 Å². The molecular weight excluding hydrogens is 442 g/mol. The summed E-state index contributed by atoms with van der Waals surface area (Å²) >= 11 is 1.66. The van der Waals surface area contributed by atoms with Crippen LogP contribution in [0, 0.1) is 5.92 Å². The van der Waals surface area contributed by atoms with Crippen LogP contribution in [0.5, 0.6) is 0 Å². The molecule has 1 saturated heterocycles. The van der Waals surface area contributed by atoms with Crippen molar-refractivity contribution < 1.29 is 4.79 Å². The van der Waals surface area contributed by atoms with Gasteiger partial charge in [0.15, 0.2) is 5.65 Å². The molecule has 2 unspecified atom stereocenters. The van der Waals surface area contributed by atoms with Gasteiger partial charge in [-0.05, 0) is 61.2 Å². The van der Waals surface area contributed by atoms with Crippen molar-refractivity contribution >= 4 is 22.9 Å². The van der Waals surface area contributed by atoms with Crippen LogP contribution in [-0.4, -0.2) is 43.0 Å². The highest BCUT2D eigenvalue weighted by Crippen LogP contribution is 2.36. The molecule has 0 N–H and O–H groups in total. The molecule has 0 bridgehead atoms. The van der Waals surface area contributed by atoms with E-state index in [1.807, 2.05) is 49.7 Å². The van der Waals surface area contributed by atoms with E-state index >= 15 is 0 Å². The summed E-state index contributed by atoms with van der Waals surface area (Å²) in [6.45, 7) is 4.86. The zero-order chi connectivity index (χ0) is 23.5. The predicted octanol–water partition coefficient (Wildman–Crippen LogP) is 6.34. The van der Waals surface area contributed by atoms with E-state index in [9.17, 15) is 4.79 Å². The summed E-state index contributed by atoms with van der Waals surface area (Å²) in [4.78, 5) is 26.2. The fourth-order valence-electron chi connectivity index (χ4n) is 5.36. The number of carbonyl (C=O) groups is 1. The summed E-state index contributed by atoms with van der Waals surface area (Å²) < 4.78 is 1.76. The van der Waals surface area contributed by atoms with E-state index in [4.69, 9.17) is 4.98 Å². The highest BCUT2D eigenvalue weighted by atomic mass is 32.1. The van der Waals surface area contributed by atoms with Crippen molar-refractivity contribution in [2.75, 3.05) is 6.54 Å². The normalized spacial score (nSPS) is 19.9. The largest absolute Gasteiger partial charge is 0.335 e. The Labute approximate surface area is 204 Å². The molecule has 2 atom stereocenters. The molecule has 1 saturated carbocycles. The van der Waals surface area contributed by atoms with Gasteiger partial charge in [0, 0.05) is 30.5 Å². The lowest BCUT2D eigenvalue weighted by Crippen LogP contribution is -2.49. The van der Waals surface area contributed by atoms with Crippen molar-refractivity contribution in [1.82, 2.24) is 24.5 Å². The molecule has 176 valence electrons. The number of hydrogen-bond acceptors (Lipinski definition) is 5. The summed E-state index contributed by atoms with van der Waals surface area (Å²) in [5.41, 5.74) is 3.94. The van der Waals surface area contributed by atoms with E-state index in [-0.39, 0.29) is 5.91 Å². The second-order valence-electron chi connectivity index (χ2n) is 8.80. The Balaban J connectivity index is 0.00000117. The van der Waals surface area contributed by atoms with Crippen LogP contribution in [0.1, 0.15) is 62.7 Å². The van der Waals surface area contributed by atoms with Gasteiger partial charge in [0.1, 0.15) is 0 Å². The van der Waals surface area contributed by atoms with Crippen molar-refractivity contribution in [2.24, 2.45) is 5.92 Å². The van der Waals surface area contributed by atoms with Crippen LogP contribution in [0.3, 0.4) is 0 Å². The van der Waals surface area contributed by atoms with Crippen LogP contribution in [-0.2, 0) is 0 Å². The van der Waals surface area contributed by atoms with Crippen molar-refractivity contribution in [3.63, 3.8) is 0 Å².